The van der Waals surface area contributed by atoms with Crippen molar-refractivity contribution in [2.75, 3.05) is 13.1 Å². The molecule has 1 aliphatic rings. The van der Waals surface area contributed by atoms with Crippen molar-refractivity contribution < 1.29 is 14.0 Å². The molecule has 1 aromatic heterocycles. The molecule has 21 heavy (non-hydrogen) atoms. The summed E-state index contributed by atoms with van der Waals surface area (Å²) in [6, 6.07) is 2.76. The van der Waals surface area contributed by atoms with E-state index in [9.17, 15) is 9.59 Å². The molecule has 1 aromatic rings. The first kappa shape index (κ1) is 15.6. The summed E-state index contributed by atoms with van der Waals surface area (Å²) in [6.07, 6.45) is 5.89. The number of carbonyl (C=O) groups excluding carboxylic acids is 2. The number of hydrogen-bond acceptors (Lipinski definition) is 3. The van der Waals surface area contributed by atoms with Gasteiger partial charge in [-0.15, -0.1) is 0 Å². The summed E-state index contributed by atoms with van der Waals surface area (Å²) in [7, 11) is 0. The molecule has 0 spiro atoms. The van der Waals surface area contributed by atoms with E-state index in [1.165, 1.54) is 19.1 Å². The minimum atomic E-state index is -0.499. The molecule has 116 valence electrons. The standard InChI is InChI=1S/C16H24N2O3/c1-12(2)14(17-15(19)13-8-7-11-21-13)16(20)18-9-5-3-4-6-10-18/h7-8,11-12,14H,3-6,9-10H2,1-2H3,(H,17,19)/t14-/m0/s1. The lowest BCUT2D eigenvalue weighted by Crippen LogP contribution is -2.51. The van der Waals surface area contributed by atoms with Crippen molar-refractivity contribution in [2.45, 2.75) is 45.6 Å². The molecule has 0 aliphatic carbocycles. The van der Waals surface area contributed by atoms with Crippen molar-refractivity contribution in [1.29, 1.82) is 0 Å². The molecule has 0 saturated carbocycles. The molecular formula is C16H24N2O3. The normalized spacial score (nSPS) is 17.4. The van der Waals surface area contributed by atoms with Gasteiger partial charge in [-0.1, -0.05) is 26.7 Å². The van der Waals surface area contributed by atoms with Crippen LogP contribution in [-0.2, 0) is 4.79 Å². The molecule has 0 unspecified atom stereocenters. The second kappa shape index (κ2) is 7.29. The van der Waals surface area contributed by atoms with Crippen LogP contribution in [0.1, 0.15) is 50.1 Å². The monoisotopic (exact) mass is 292 g/mol. The van der Waals surface area contributed by atoms with Crippen LogP contribution in [-0.4, -0.2) is 35.8 Å². The summed E-state index contributed by atoms with van der Waals surface area (Å²) < 4.78 is 5.08. The Hall–Kier alpha value is -1.78. The van der Waals surface area contributed by atoms with Gasteiger partial charge in [0.15, 0.2) is 5.76 Å². The maximum atomic E-state index is 12.7. The zero-order valence-corrected chi connectivity index (χ0v) is 12.8. The van der Waals surface area contributed by atoms with Crippen LogP contribution in [0.5, 0.6) is 0 Å². The summed E-state index contributed by atoms with van der Waals surface area (Å²) in [5.41, 5.74) is 0. The molecule has 1 atom stereocenters. The minimum absolute atomic E-state index is 0.0202. The second-order valence-electron chi connectivity index (χ2n) is 5.91. The zero-order valence-electron chi connectivity index (χ0n) is 12.8. The largest absolute Gasteiger partial charge is 0.459 e. The number of likely N-dealkylation sites (tertiary alicyclic amines) is 1. The molecule has 1 aliphatic heterocycles. The quantitative estimate of drug-likeness (QED) is 0.927. The summed E-state index contributed by atoms with van der Waals surface area (Å²) in [4.78, 5) is 26.7. The van der Waals surface area contributed by atoms with Gasteiger partial charge in [0.25, 0.3) is 5.91 Å². The number of hydrogen-bond donors (Lipinski definition) is 1. The van der Waals surface area contributed by atoms with Crippen LogP contribution in [0.25, 0.3) is 0 Å². The molecule has 2 amide bonds. The van der Waals surface area contributed by atoms with Crippen LogP contribution in [0, 0.1) is 5.92 Å². The Kier molecular flexibility index (Phi) is 5.42. The average molecular weight is 292 g/mol. The van der Waals surface area contributed by atoms with Crippen molar-refractivity contribution in [3.63, 3.8) is 0 Å². The summed E-state index contributed by atoms with van der Waals surface area (Å²) in [5.74, 6) is -0.0299. The molecule has 0 bridgehead atoms. The lowest BCUT2D eigenvalue weighted by Gasteiger charge is -2.28. The van der Waals surface area contributed by atoms with Crippen LogP contribution in [0.2, 0.25) is 0 Å². The minimum Gasteiger partial charge on any atom is -0.459 e. The Morgan fingerprint density at radius 1 is 1.19 bits per heavy atom. The topological polar surface area (TPSA) is 62.6 Å². The molecule has 1 saturated heterocycles. The lowest BCUT2D eigenvalue weighted by molar-refractivity contribution is -0.134. The fourth-order valence-electron chi connectivity index (χ4n) is 2.62. The van der Waals surface area contributed by atoms with E-state index in [1.807, 2.05) is 18.7 Å². The van der Waals surface area contributed by atoms with Gasteiger partial charge >= 0.3 is 0 Å². The molecule has 1 N–H and O–H groups in total. The van der Waals surface area contributed by atoms with Crippen LogP contribution in [0.3, 0.4) is 0 Å². The molecule has 1 fully saturated rings. The molecule has 0 radical (unpaired) electrons. The Labute approximate surface area is 125 Å². The molecule has 5 nitrogen and oxygen atoms in total. The first-order valence-electron chi connectivity index (χ1n) is 7.72. The Bertz CT molecular complexity index is 460. The highest BCUT2D eigenvalue weighted by atomic mass is 16.3. The van der Waals surface area contributed by atoms with Gasteiger partial charge < -0.3 is 14.6 Å². The van der Waals surface area contributed by atoms with Gasteiger partial charge in [0.1, 0.15) is 6.04 Å². The number of nitrogens with one attached hydrogen (secondary N) is 1. The summed E-state index contributed by atoms with van der Waals surface area (Å²) >= 11 is 0. The Morgan fingerprint density at radius 3 is 2.38 bits per heavy atom. The van der Waals surface area contributed by atoms with E-state index >= 15 is 0 Å². The number of carbonyl (C=O) groups is 2. The summed E-state index contributed by atoms with van der Waals surface area (Å²) in [6.45, 7) is 5.48. The van der Waals surface area contributed by atoms with Gasteiger partial charge in [0.05, 0.1) is 6.26 Å². The highest BCUT2D eigenvalue weighted by molar-refractivity contribution is 5.95. The van der Waals surface area contributed by atoms with Gasteiger partial charge in [-0.25, -0.2) is 0 Å². The third-order valence-electron chi connectivity index (χ3n) is 3.88. The van der Waals surface area contributed by atoms with Crippen LogP contribution in [0.4, 0.5) is 0 Å². The first-order chi connectivity index (χ1) is 10.1. The highest BCUT2D eigenvalue weighted by Crippen LogP contribution is 2.14. The fourth-order valence-corrected chi connectivity index (χ4v) is 2.62. The van der Waals surface area contributed by atoms with E-state index in [4.69, 9.17) is 4.42 Å². The number of furan rings is 1. The third-order valence-corrected chi connectivity index (χ3v) is 3.88. The van der Waals surface area contributed by atoms with Gasteiger partial charge in [0.2, 0.25) is 5.91 Å². The molecule has 2 rings (SSSR count). The van der Waals surface area contributed by atoms with Gasteiger partial charge in [0, 0.05) is 13.1 Å². The Morgan fingerprint density at radius 2 is 1.86 bits per heavy atom. The number of rotatable bonds is 4. The van der Waals surface area contributed by atoms with Crippen molar-refractivity contribution in [1.82, 2.24) is 10.2 Å². The molecule has 2 heterocycles. The maximum absolute atomic E-state index is 12.7. The second-order valence-corrected chi connectivity index (χ2v) is 5.91. The van der Waals surface area contributed by atoms with E-state index < -0.39 is 6.04 Å². The lowest BCUT2D eigenvalue weighted by atomic mass is 10.0. The SMILES string of the molecule is CC(C)[C@H](NC(=O)c1ccco1)C(=O)N1CCCCCC1. The molecular weight excluding hydrogens is 268 g/mol. The van der Waals surface area contributed by atoms with Crippen molar-refractivity contribution >= 4 is 11.8 Å². The molecule has 0 aromatic carbocycles. The van der Waals surface area contributed by atoms with Crippen LogP contribution in [0.15, 0.2) is 22.8 Å². The van der Waals surface area contributed by atoms with Gasteiger partial charge in [-0.05, 0) is 30.9 Å². The number of amides is 2. The van der Waals surface area contributed by atoms with Crippen molar-refractivity contribution in [3.05, 3.63) is 24.2 Å². The van der Waals surface area contributed by atoms with E-state index in [-0.39, 0.29) is 23.5 Å². The van der Waals surface area contributed by atoms with Crippen LogP contribution < -0.4 is 5.32 Å². The Balaban J connectivity index is 2.03. The van der Waals surface area contributed by atoms with Gasteiger partial charge in [-0.3, -0.25) is 9.59 Å². The van der Waals surface area contributed by atoms with Crippen molar-refractivity contribution in [2.24, 2.45) is 5.92 Å². The predicted molar refractivity (Wildman–Crippen MR) is 79.8 cm³/mol. The van der Waals surface area contributed by atoms with Crippen molar-refractivity contribution in [3.8, 4) is 0 Å². The maximum Gasteiger partial charge on any atom is 0.287 e. The zero-order chi connectivity index (χ0) is 15.2. The van der Waals surface area contributed by atoms with E-state index in [0.717, 1.165) is 25.9 Å². The van der Waals surface area contributed by atoms with Crippen LogP contribution >= 0.6 is 0 Å². The smallest absolute Gasteiger partial charge is 0.287 e. The van der Waals surface area contributed by atoms with E-state index in [0.29, 0.717) is 0 Å². The first-order valence-corrected chi connectivity index (χ1v) is 7.72. The van der Waals surface area contributed by atoms with E-state index in [2.05, 4.69) is 5.32 Å². The third kappa shape index (κ3) is 4.09. The fraction of sp³-hybridized carbons (Fsp3) is 0.625. The van der Waals surface area contributed by atoms with Gasteiger partial charge in [-0.2, -0.15) is 0 Å². The highest BCUT2D eigenvalue weighted by Gasteiger charge is 2.29. The predicted octanol–water partition coefficient (Wildman–Crippen LogP) is 2.44. The number of nitrogens with zero attached hydrogens (tertiary/aromatic N) is 1. The molecule has 5 heteroatoms. The average Bonchev–Trinajstić information content (AvgIpc) is 2.86. The summed E-state index contributed by atoms with van der Waals surface area (Å²) in [5, 5.41) is 2.81. The van der Waals surface area contributed by atoms with E-state index in [1.54, 1.807) is 12.1 Å².